The summed E-state index contributed by atoms with van der Waals surface area (Å²) in [6, 6.07) is 7.62. The second kappa shape index (κ2) is 6.33. The number of benzene rings is 1. The third-order valence-corrected chi connectivity index (χ3v) is 2.66. The fraction of sp³-hybridized carbons (Fsp3) is 0.214. The molecule has 0 aliphatic heterocycles. The second-order valence-electron chi connectivity index (χ2n) is 4.12. The van der Waals surface area contributed by atoms with Gasteiger partial charge in [0.05, 0.1) is 0 Å². The van der Waals surface area contributed by atoms with E-state index in [4.69, 9.17) is 0 Å². The minimum atomic E-state index is -1.43. The van der Waals surface area contributed by atoms with Crippen molar-refractivity contribution >= 4 is 0 Å². The number of hydrogen-bond acceptors (Lipinski definition) is 2. The Morgan fingerprint density at radius 2 is 1.79 bits per heavy atom. The Hall–Kier alpha value is -1.88. The molecule has 0 radical (unpaired) electrons. The van der Waals surface area contributed by atoms with Crippen molar-refractivity contribution in [2.45, 2.75) is 13.0 Å². The molecule has 0 fully saturated rings. The largest absolute Gasteiger partial charge is 0.312 e. The fourth-order valence-corrected chi connectivity index (χ4v) is 1.71. The highest BCUT2D eigenvalue weighted by Gasteiger charge is 2.09. The van der Waals surface area contributed by atoms with Crippen molar-refractivity contribution in [2.75, 3.05) is 6.54 Å². The van der Waals surface area contributed by atoms with Crippen LogP contribution < -0.4 is 5.32 Å². The molecule has 1 aromatic heterocycles. The molecule has 0 atom stereocenters. The van der Waals surface area contributed by atoms with Crippen LogP contribution in [0.25, 0.3) is 0 Å². The van der Waals surface area contributed by atoms with E-state index in [0.29, 0.717) is 18.5 Å². The highest BCUT2D eigenvalue weighted by atomic mass is 19.2. The summed E-state index contributed by atoms with van der Waals surface area (Å²) in [7, 11) is 0. The van der Waals surface area contributed by atoms with E-state index < -0.39 is 17.5 Å². The Balaban J connectivity index is 1.83. The van der Waals surface area contributed by atoms with E-state index in [1.54, 1.807) is 6.20 Å². The molecule has 2 nitrogen and oxygen atoms in total. The Bertz CT molecular complexity index is 521. The van der Waals surface area contributed by atoms with Crippen molar-refractivity contribution < 1.29 is 13.2 Å². The Labute approximate surface area is 109 Å². The van der Waals surface area contributed by atoms with Crippen LogP contribution in [-0.2, 0) is 13.0 Å². The summed E-state index contributed by atoms with van der Waals surface area (Å²) in [5, 5.41) is 3.03. The van der Waals surface area contributed by atoms with Gasteiger partial charge in [-0.3, -0.25) is 4.98 Å². The van der Waals surface area contributed by atoms with Gasteiger partial charge in [0, 0.05) is 31.4 Å². The van der Waals surface area contributed by atoms with Gasteiger partial charge in [-0.1, -0.05) is 6.07 Å². The smallest absolute Gasteiger partial charge is 0.194 e. The number of pyridine rings is 1. The van der Waals surface area contributed by atoms with Gasteiger partial charge in [-0.2, -0.15) is 0 Å². The van der Waals surface area contributed by atoms with Crippen LogP contribution in [0.3, 0.4) is 0 Å². The van der Waals surface area contributed by atoms with Crippen LogP contribution >= 0.6 is 0 Å². The predicted octanol–water partition coefficient (Wildman–Crippen LogP) is 2.83. The first-order chi connectivity index (χ1) is 9.16. The first kappa shape index (κ1) is 13.5. The summed E-state index contributed by atoms with van der Waals surface area (Å²) < 4.78 is 38.7. The standard InChI is InChI=1S/C14H13F3N2/c15-12-7-10(8-13(16)14(12)17)9-18-6-4-11-3-1-2-5-19-11/h1-3,5,7-8,18H,4,6,9H2. The molecular formula is C14H13F3N2. The number of hydrogen-bond donors (Lipinski definition) is 1. The van der Waals surface area contributed by atoms with Crippen LogP contribution in [0.15, 0.2) is 36.5 Å². The lowest BCUT2D eigenvalue weighted by Gasteiger charge is -2.06. The summed E-state index contributed by atoms with van der Waals surface area (Å²) in [5.74, 6) is -3.76. The number of nitrogens with one attached hydrogen (secondary N) is 1. The number of halogens is 3. The molecule has 0 amide bonds. The quantitative estimate of drug-likeness (QED) is 0.665. The zero-order valence-corrected chi connectivity index (χ0v) is 10.2. The van der Waals surface area contributed by atoms with E-state index in [2.05, 4.69) is 10.3 Å². The van der Waals surface area contributed by atoms with Crippen LogP contribution in [0.5, 0.6) is 0 Å². The van der Waals surface area contributed by atoms with E-state index in [9.17, 15) is 13.2 Å². The molecule has 19 heavy (non-hydrogen) atoms. The number of nitrogens with zero attached hydrogens (tertiary/aromatic N) is 1. The zero-order chi connectivity index (χ0) is 13.7. The molecule has 1 N–H and O–H groups in total. The van der Waals surface area contributed by atoms with Crippen LogP contribution in [0.2, 0.25) is 0 Å². The highest BCUT2D eigenvalue weighted by molar-refractivity contribution is 5.19. The predicted molar refractivity (Wildman–Crippen MR) is 66.0 cm³/mol. The van der Waals surface area contributed by atoms with Crippen molar-refractivity contribution in [1.82, 2.24) is 10.3 Å². The highest BCUT2D eigenvalue weighted by Crippen LogP contribution is 2.13. The molecule has 0 saturated heterocycles. The molecular weight excluding hydrogens is 253 g/mol. The molecule has 0 spiro atoms. The van der Waals surface area contributed by atoms with E-state index in [1.807, 2.05) is 18.2 Å². The van der Waals surface area contributed by atoms with Gasteiger partial charge in [-0.25, -0.2) is 13.2 Å². The summed E-state index contributed by atoms with van der Waals surface area (Å²) in [6.07, 6.45) is 2.42. The molecule has 1 aromatic carbocycles. The Morgan fingerprint density at radius 1 is 1.05 bits per heavy atom. The monoisotopic (exact) mass is 266 g/mol. The lowest BCUT2D eigenvalue weighted by molar-refractivity contribution is 0.444. The van der Waals surface area contributed by atoms with Crippen LogP contribution in [0.4, 0.5) is 13.2 Å². The third-order valence-electron chi connectivity index (χ3n) is 2.66. The van der Waals surface area contributed by atoms with Crippen LogP contribution in [-0.4, -0.2) is 11.5 Å². The van der Waals surface area contributed by atoms with Crippen LogP contribution in [0.1, 0.15) is 11.3 Å². The summed E-state index contributed by atoms with van der Waals surface area (Å²) >= 11 is 0. The topological polar surface area (TPSA) is 24.9 Å². The van der Waals surface area contributed by atoms with Gasteiger partial charge in [0.25, 0.3) is 0 Å². The Morgan fingerprint density at radius 3 is 2.42 bits per heavy atom. The lowest BCUT2D eigenvalue weighted by atomic mass is 10.2. The van der Waals surface area contributed by atoms with Crippen LogP contribution in [0, 0.1) is 17.5 Å². The first-order valence-electron chi connectivity index (χ1n) is 5.91. The van der Waals surface area contributed by atoms with Gasteiger partial charge in [-0.05, 0) is 29.8 Å². The van der Waals surface area contributed by atoms with Crippen molar-refractivity contribution in [3.63, 3.8) is 0 Å². The molecule has 2 aromatic rings. The number of aromatic nitrogens is 1. The van der Waals surface area contributed by atoms with Gasteiger partial charge >= 0.3 is 0 Å². The average molecular weight is 266 g/mol. The van der Waals surface area contributed by atoms with Crippen molar-refractivity contribution in [1.29, 1.82) is 0 Å². The van der Waals surface area contributed by atoms with Crippen molar-refractivity contribution in [3.8, 4) is 0 Å². The van der Waals surface area contributed by atoms with Gasteiger partial charge in [-0.15, -0.1) is 0 Å². The summed E-state index contributed by atoms with van der Waals surface area (Å²) in [6.45, 7) is 0.901. The average Bonchev–Trinajstić information content (AvgIpc) is 2.42. The third kappa shape index (κ3) is 3.79. The minimum absolute atomic E-state index is 0.279. The van der Waals surface area contributed by atoms with Crippen molar-refractivity contribution in [2.24, 2.45) is 0 Å². The van der Waals surface area contributed by atoms with Gasteiger partial charge in [0.2, 0.25) is 0 Å². The molecule has 0 unspecified atom stereocenters. The lowest BCUT2D eigenvalue weighted by Crippen LogP contribution is -2.17. The molecule has 5 heteroatoms. The normalized spacial score (nSPS) is 10.7. The number of rotatable bonds is 5. The maximum atomic E-state index is 13.0. The second-order valence-corrected chi connectivity index (χ2v) is 4.12. The SMILES string of the molecule is Fc1cc(CNCCc2ccccn2)cc(F)c1F. The van der Waals surface area contributed by atoms with E-state index in [-0.39, 0.29) is 6.54 Å². The van der Waals surface area contributed by atoms with E-state index in [1.165, 1.54) is 0 Å². The molecule has 0 aliphatic rings. The summed E-state index contributed by atoms with van der Waals surface area (Å²) in [5.41, 5.74) is 1.31. The molecule has 100 valence electrons. The van der Waals surface area contributed by atoms with Gasteiger partial charge in [0.15, 0.2) is 17.5 Å². The minimum Gasteiger partial charge on any atom is -0.312 e. The zero-order valence-electron chi connectivity index (χ0n) is 10.2. The van der Waals surface area contributed by atoms with Gasteiger partial charge < -0.3 is 5.32 Å². The molecule has 2 rings (SSSR count). The fourth-order valence-electron chi connectivity index (χ4n) is 1.71. The maximum absolute atomic E-state index is 13.0. The molecule has 0 bridgehead atoms. The molecule has 0 saturated carbocycles. The Kier molecular flexibility index (Phi) is 4.52. The van der Waals surface area contributed by atoms with Gasteiger partial charge in [0.1, 0.15) is 0 Å². The maximum Gasteiger partial charge on any atom is 0.194 e. The summed E-state index contributed by atoms with van der Waals surface area (Å²) in [4.78, 5) is 4.15. The van der Waals surface area contributed by atoms with E-state index >= 15 is 0 Å². The molecule has 0 aliphatic carbocycles. The van der Waals surface area contributed by atoms with E-state index in [0.717, 1.165) is 17.8 Å². The van der Waals surface area contributed by atoms with Crippen molar-refractivity contribution in [3.05, 3.63) is 65.2 Å². The molecule has 1 heterocycles. The first-order valence-corrected chi connectivity index (χ1v) is 5.91.